The summed E-state index contributed by atoms with van der Waals surface area (Å²) >= 11 is 0. The van der Waals surface area contributed by atoms with Gasteiger partial charge in [-0.1, -0.05) is 6.54 Å². The van der Waals surface area contributed by atoms with E-state index in [4.69, 9.17) is 0 Å². The van der Waals surface area contributed by atoms with Gasteiger partial charge in [-0.15, -0.1) is 6.54 Å². The Labute approximate surface area is 60.5 Å². The smallest absolute Gasteiger partial charge is 0.0767 e. The molecule has 0 fully saturated rings. The van der Waals surface area contributed by atoms with Crippen molar-refractivity contribution in [1.29, 1.82) is 0 Å². The quantitative estimate of drug-likeness (QED) is 0.489. The van der Waals surface area contributed by atoms with E-state index >= 15 is 0 Å². The number of aliphatic imine (C=N–C) groups is 1. The average Bonchev–Trinajstić information content (AvgIpc) is 1.69. The first-order valence-electron chi connectivity index (χ1n) is 2.42. The fourth-order valence-electron chi connectivity index (χ4n) is 0.542. The predicted molar refractivity (Wildman–Crippen MR) is 30.3 cm³/mol. The van der Waals surface area contributed by atoms with Gasteiger partial charge in [-0.25, -0.2) is 0 Å². The van der Waals surface area contributed by atoms with Crippen LogP contribution in [-0.2, 0) is 17.4 Å². The van der Waals surface area contributed by atoms with Crippen molar-refractivity contribution in [1.82, 2.24) is 5.32 Å². The minimum Gasteiger partial charge on any atom is -0.406 e. The van der Waals surface area contributed by atoms with Crippen LogP contribution in [0.3, 0.4) is 0 Å². The minimum absolute atomic E-state index is 0. The van der Waals surface area contributed by atoms with Crippen LogP contribution in [0.1, 0.15) is 6.92 Å². The van der Waals surface area contributed by atoms with Crippen LogP contribution < -0.4 is 5.32 Å². The summed E-state index contributed by atoms with van der Waals surface area (Å²) < 4.78 is 0. The van der Waals surface area contributed by atoms with Crippen LogP contribution in [-0.4, -0.2) is 19.4 Å². The van der Waals surface area contributed by atoms with Gasteiger partial charge in [0.1, 0.15) is 0 Å². The van der Waals surface area contributed by atoms with Gasteiger partial charge in [-0.05, 0) is 0 Å². The summed E-state index contributed by atoms with van der Waals surface area (Å²) in [5, 5.41) is 3.01. The topological polar surface area (TPSA) is 24.4 Å². The molecule has 0 saturated carbocycles. The summed E-state index contributed by atoms with van der Waals surface area (Å²) in [7, 11) is 0. The summed E-state index contributed by atoms with van der Waals surface area (Å²) in [5.74, 6) is 1.41. The van der Waals surface area contributed by atoms with E-state index in [0.717, 1.165) is 13.1 Å². The van der Waals surface area contributed by atoms with E-state index in [1.165, 1.54) is 5.92 Å². The van der Waals surface area contributed by atoms with Crippen molar-refractivity contribution in [3.63, 3.8) is 0 Å². The first kappa shape index (κ1) is 8.00. The number of hydrogen-bond acceptors (Lipinski definition) is 2. The molecule has 2 nitrogen and oxygen atoms in total. The molecule has 0 spiro atoms. The van der Waals surface area contributed by atoms with E-state index < -0.39 is 0 Å². The number of hydrogen-bond donors (Lipinski definition) is 1. The number of nitrogens with zero attached hydrogens (tertiary/aromatic N) is 1. The van der Waals surface area contributed by atoms with E-state index in [1.54, 1.807) is 6.34 Å². The Morgan fingerprint density at radius 3 is 2.75 bits per heavy atom. The van der Waals surface area contributed by atoms with Crippen molar-refractivity contribution >= 4 is 6.34 Å². The molecule has 1 heterocycles. The molecule has 0 bridgehead atoms. The summed E-state index contributed by atoms with van der Waals surface area (Å²) in [4.78, 5) is 3.98. The molecule has 1 N–H and O–H groups in total. The van der Waals surface area contributed by atoms with E-state index in [0.29, 0.717) is 0 Å². The van der Waals surface area contributed by atoms with Crippen molar-refractivity contribution < 1.29 is 17.4 Å². The Morgan fingerprint density at radius 2 is 2.50 bits per heavy atom. The van der Waals surface area contributed by atoms with E-state index in [2.05, 4.69) is 17.2 Å². The van der Waals surface area contributed by atoms with Crippen LogP contribution in [0, 0.1) is 5.92 Å². The van der Waals surface area contributed by atoms with Gasteiger partial charge in [0, 0.05) is 17.4 Å². The molecule has 46 valence electrons. The molecule has 0 amide bonds. The molecule has 0 aliphatic carbocycles. The molecule has 0 aromatic heterocycles. The van der Waals surface area contributed by atoms with Crippen molar-refractivity contribution in [2.75, 3.05) is 13.1 Å². The monoisotopic (exact) mass is 149 g/mol. The maximum absolute atomic E-state index is 3.98. The van der Waals surface area contributed by atoms with Crippen molar-refractivity contribution in [3.05, 3.63) is 5.92 Å². The molecule has 1 aliphatic heterocycles. The van der Waals surface area contributed by atoms with Gasteiger partial charge in [0.15, 0.2) is 0 Å². The fourth-order valence-corrected chi connectivity index (χ4v) is 0.542. The Bertz CT molecular complexity index is 82.5. The fraction of sp³-hybridized carbons (Fsp3) is 0.600. The van der Waals surface area contributed by atoms with Crippen molar-refractivity contribution in [2.45, 2.75) is 6.92 Å². The number of nitrogens with one attached hydrogen (secondary N) is 1. The van der Waals surface area contributed by atoms with E-state index in [1.807, 2.05) is 0 Å². The molecule has 1 rings (SSSR count). The number of rotatable bonds is 0. The summed E-state index contributed by atoms with van der Waals surface area (Å²) in [6.45, 7) is 4.01. The minimum atomic E-state index is 0. The van der Waals surface area contributed by atoms with E-state index in [9.17, 15) is 0 Å². The Balaban J connectivity index is 0.000000490. The van der Waals surface area contributed by atoms with Gasteiger partial charge in [-0.2, -0.15) is 6.92 Å². The molecule has 0 atom stereocenters. The van der Waals surface area contributed by atoms with Gasteiger partial charge < -0.3 is 10.3 Å². The maximum Gasteiger partial charge on any atom is 0.0767 e. The zero-order valence-corrected chi connectivity index (χ0v) is 6.12. The first-order valence-corrected chi connectivity index (χ1v) is 2.42. The van der Waals surface area contributed by atoms with Gasteiger partial charge >= 0.3 is 0 Å². The van der Waals surface area contributed by atoms with Crippen molar-refractivity contribution in [3.8, 4) is 0 Å². The van der Waals surface area contributed by atoms with Crippen LogP contribution in [0.5, 0.6) is 0 Å². The summed E-state index contributed by atoms with van der Waals surface area (Å²) in [6, 6.07) is 0. The van der Waals surface area contributed by atoms with Gasteiger partial charge in [0.25, 0.3) is 0 Å². The normalized spacial score (nSPS) is 19.1. The average molecular weight is 149 g/mol. The Morgan fingerprint density at radius 1 is 1.75 bits per heavy atom. The Hall–Kier alpha value is 0.00247. The predicted octanol–water partition coefficient (Wildman–Crippen LogP) is 0.210. The third kappa shape index (κ3) is 2.35. The third-order valence-corrected chi connectivity index (χ3v) is 0.948. The molecule has 3 heteroatoms. The van der Waals surface area contributed by atoms with Crippen LogP contribution >= 0.6 is 0 Å². The van der Waals surface area contributed by atoms with Gasteiger partial charge in [-0.3, -0.25) is 5.92 Å². The molecule has 0 aromatic carbocycles. The zero-order valence-electron chi connectivity index (χ0n) is 4.85. The van der Waals surface area contributed by atoms with E-state index in [-0.39, 0.29) is 17.4 Å². The molecular weight excluding hydrogens is 140 g/mol. The van der Waals surface area contributed by atoms with Crippen LogP contribution in [0.4, 0.5) is 0 Å². The molecule has 0 saturated heterocycles. The SMILES string of the molecule is C[C-]1CN=CNC1.[Cr]. The van der Waals surface area contributed by atoms with Gasteiger partial charge in [0.05, 0.1) is 6.34 Å². The second-order valence-corrected chi connectivity index (χ2v) is 1.81. The third-order valence-electron chi connectivity index (χ3n) is 0.948. The Kier molecular flexibility index (Phi) is 3.94. The second-order valence-electron chi connectivity index (χ2n) is 1.81. The van der Waals surface area contributed by atoms with Crippen LogP contribution in [0.2, 0.25) is 0 Å². The van der Waals surface area contributed by atoms with Crippen molar-refractivity contribution in [2.24, 2.45) is 4.99 Å². The maximum atomic E-state index is 3.98. The molecule has 8 heavy (non-hydrogen) atoms. The molecular formula is C5H9CrN2-. The standard InChI is InChI=1S/C5H9N2.Cr/c1-5-2-6-4-7-3-5;/h4H,2-3H2,1H3,(H,6,7);/q-1;. The molecule has 1 aliphatic rings. The van der Waals surface area contributed by atoms with Crippen LogP contribution in [0.15, 0.2) is 4.99 Å². The summed E-state index contributed by atoms with van der Waals surface area (Å²) in [6.07, 6.45) is 1.76. The largest absolute Gasteiger partial charge is 0.406 e. The second kappa shape index (κ2) is 3.94. The zero-order chi connectivity index (χ0) is 5.11. The molecule has 0 radical (unpaired) electrons. The van der Waals surface area contributed by atoms with Gasteiger partial charge in [0.2, 0.25) is 0 Å². The van der Waals surface area contributed by atoms with Crippen LogP contribution in [0.25, 0.3) is 0 Å². The molecule has 0 unspecified atom stereocenters. The molecule has 0 aromatic rings. The first-order chi connectivity index (χ1) is 3.39. The summed E-state index contributed by atoms with van der Waals surface area (Å²) in [5.41, 5.74) is 0.